The fraction of sp³-hybridized carbons (Fsp3) is 0.308. The van der Waals surface area contributed by atoms with Crippen LogP contribution in [0.15, 0.2) is 23.8 Å². The molecular formula is C13H15N3O2S. The third-order valence-electron chi connectivity index (χ3n) is 2.09. The number of hydrogen-bond acceptors (Lipinski definition) is 4. The highest BCUT2D eigenvalue weighted by molar-refractivity contribution is 8.03. The van der Waals surface area contributed by atoms with E-state index in [0.717, 1.165) is 0 Å². The van der Waals surface area contributed by atoms with Crippen LogP contribution in [0.3, 0.4) is 0 Å². The summed E-state index contributed by atoms with van der Waals surface area (Å²) in [5, 5.41) is 11.3. The molecule has 0 aromatic heterocycles. The Bertz CT molecular complexity index is 471. The van der Waals surface area contributed by atoms with Gasteiger partial charge in [-0.2, -0.15) is 5.26 Å². The van der Waals surface area contributed by atoms with E-state index in [1.54, 1.807) is 6.26 Å². The van der Waals surface area contributed by atoms with Gasteiger partial charge in [0.15, 0.2) is 0 Å². The van der Waals surface area contributed by atoms with Crippen LogP contribution in [0.4, 0.5) is 0 Å². The number of rotatable bonds is 6. The van der Waals surface area contributed by atoms with Gasteiger partial charge in [-0.1, -0.05) is 12.5 Å². The number of nitrogens with zero attached hydrogens (tertiary/aromatic N) is 2. The first-order chi connectivity index (χ1) is 8.97. The Hall–Kier alpha value is -2.18. The lowest BCUT2D eigenvalue weighted by Crippen LogP contribution is -2.30. The third-order valence-corrected chi connectivity index (χ3v) is 2.76. The fourth-order valence-corrected chi connectivity index (χ4v) is 1.32. The van der Waals surface area contributed by atoms with Crippen molar-refractivity contribution in [2.75, 3.05) is 19.8 Å². The minimum absolute atomic E-state index is 0.0584. The number of amides is 2. The van der Waals surface area contributed by atoms with Crippen LogP contribution in [-0.2, 0) is 9.59 Å². The highest BCUT2D eigenvalue weighted by Crippen LogP contribution is 2.11. The molecule has 0 spiro atoms. The highest BCUT2D eigenvalue weighted by Gasteiger charge is 2.15. The molecule has 0 aliphatic heterocycles. The van der Waals surface area contributed by atoms with E-state index in [1.165, 1.54) is 36.0 Å². The molecule has 5 nitrogen and oxygen atoms in total. The molecule has 0 aliphatic carbocycles. The fourth-order valence-electron chi connectivity index (χ4n) is 1.00. The molecule has 100 valence electrons. The number of nitriles is 1. The SMILES string of the molecule is C#CCNC(=O)C(C#N)C=CN(C)C(=O)C(=C)SC. The van der Waals surface area contributed by atoms with Crippen LogP contribution in [0.5, 0.6) is 0 Å². The predicted octanol–water partition coefficient (Wildman–Crippen LogP) is 0.724. The molecule has 0 rings (SSSR count). The van der Waals surface area contributed by atoms with Crippen LogP contribution in [0, 0.1) is 29.6 Å². The Balaban J connectivity index is 4.63. The predicted molar refractivity (Wildman–Crippen MR) is 75.5 cm³/mol. The van der Waals surface area contributed by atoms with E-state index in [2.05, 4.69) is 17.8 Å². The second kappa shape index (κ2) is 8.84. The van der Waals surface area contributed by atoms with Crippen molar-refractivity contribution in [2.45, 2.75) is 0 Å². The van der Waals surface area contributed by atoms with Crippen molar-refractivity contribution in [1.29, 1.82) is 5.26 Å². The molecule has 19 heavy (non-hydrogen) atoms. The smallest absolute Gasteiger partial charge is 0.263 e. The van der Waals surface area contributed by atoms with Crippen molar-refractivity contribution in [1.82, 2.24) is 10.2 Å². The molecule has 6 heteroatoms. The number of likely N-dealkylation sites (N-methyl/N-ethyl adjacent to an activating group) is 1. The molecule has 0 heterocycles. The van der Waals surface area contributed by atoms with Crippen molar-refractivity contribution in [3.8, 4) is 18.4 Å². The minimum atomic E-state index is -0.994. The molecule has 0 bridgehead atoms. The van der Waals surface area contributed by atoms with Gasteiger partial charge in [-0.3, -0.25) is 9.59 Å². The molecule has 0 fully saturated rings. The van der Waals surface area contributed by atoms with Crippen LogP contribution in [-0.4, -0.2) is 36.6 Å². The molecule has 1 atom stereocenters. The van der Waals surface area contributed by atoms with Crippen molar-refractivity contribution in [3.05, 3.63) is 23.8 Å². The van der Waals surface area contributed by atoms with Crippen LogP contribution < -0.4 is 5.32 Å². The van der Waals surface area contributed by atoms with Gasteiger partial charge in [-0.15, -0.1) is 18.2 Å². The summed E-state index contributed by atoms with van der Waals surface area (Å²) in [6, 6.07) is 1.82. The summed E-state index contributed by atoms with van der Waals surface area (Å²) in [6.07, 6.45) is 9.44. The second-order valence-electron chi connectivity index (χ2n) is 3.41. The van der Waals surface area contributed by atoms with Crippen LogP contribution in [0.2, 0.25) is 0 Å². The molecule has 0 saturated heterocycles. The molecule has 2 amide bonds. The minimum Gasteiger partial charge on any atom is -0.344 e. The maximum absolute atomic E-state index is 11.7. The van der Waals surface area contributed by atoms with E-state index >= 15 is 0 Å². The van der Waals surface area contributed by atoms with Gasteiger partial charge in [0.1, 0.15) is 5.92 Å². The Morgan fingerprint density at radius 3 is 2.74 bits per heavy atom. The summed E-state index contributed by atoms with van der Waals surface area (Å²) in [5.41, 5.74) is 0. The second-order valence-corrected chi connectivity index (χ2v) is 4.31. The Morgan fingerprint density at radius 1 is 1.63 bits per heavy atom. The summed E-state index contributed by atoms with van der Waals surface area (Å²) in [6.45, 7) is 3.65. The molecule has 0 aliphatic rings. The van der Waals surface area contributed by atoms with E-state index in [-0.39, 0.29) is 12.5 Å². The van der Waals surface area contributed by atoms with Gasteiger partial charge in [0.2, 0.25) is 5.91 Å². The van der Waals surface area contributed by atoms with Gasteiger partial charge < -0.3 is 10.2 Å². The number of nitrogens with one attached hydrogen (secondary N) is 1. The van der Waals surface area contributed by atoms with E-state index < -0.39 is 11.8 Å². The highest BCUT2D eigenvalue weighted by atomic mass is 32.2. The quantitative estimate of drug-likeness (QED) is 0.573. The van der Waals surface area contributed by atoms with Crippen LogP contribution in [0.1, 0.15) is 0 Å². The zero-order chi connectivity index (χ0) is 14.8. The number of carbonyl (C=O) groups excluding carboxylic acids is 2. The van der Waals surface area contributed by atoms with Gasteiger partial charge in [0, 0.05) is 13.2 Å². The third kappa shape index (κ3) is 5.80. The van der Waals surface area contributed by atoms with Crippen molar-refractivity contribution < 1.29 is 9.59 Å². The first kappa shape index (κ1) is 16.8. The zero-order valence-electron chi connectivity index (χ0n) is 10.8. The maximum Gasteiger partial charge on any atom is 0.263 e. The van der Waals surface area contributed by atoms with E-state index in [0.29, 0.717) is 4.91 Å². The molecular weight excluding hydrogens is 262 g/mol. The number of terminal acetylenes is 1. The lowest BCUT2D eigenvalue weighted by molar-refractivity contribution is -0.123. The van der Waals surface area contributed by atoms with Crippen molar-refractivity contribution >= 4 is 23.6 Å². The summed E-state index contributed by atoms with van der Waals surface area (Å²) < 4.78 is 0. The van der Waals surface area contributed by atoms with E-state index in [1.807, 2.05) is 6.07 Å². The molecule has 0 aromatic carbocycles. The van der Waals surface area contributed by atoms with Crippen LogP contribution in [0.25, 0.3) is 0 Å². The number of hydrogen-bond donors (Lipinski definition) is 1. The Kier molecular flexibility index (Phi) is 7.83. The molecule has 0 aromatic rings. The zero-order valence-corrected chi connectivity index (χ0v) is 11.7. The molecule has 1 N–H and O–H groups in total. The normalized spacial score (nSPS) is 11.2. The van der Waals surface area contributed by atoms with E-state index in [4.69, 9.17) is 11.7 Å². The summed E-state index contributed by atoms with van der Waals surface area (Å²) >= 11 is 1.23. The van der Waals surface area contributed by atoms with E-state index in [9.17, 15) is 9.59 Å². The van der Waals surface area contributed by atoms with Gasteiger partial charge >= 0.3 is 0 Å². The largest absolute Gasteiger partial charge is 0.344 e. The first-order valence-electron chi connectivity index (χ1n) is 5.27. The molecule has 1 unspecified atom stereocenters. The lowest BCUT2D eigenvalue weighted by Gasteiger charge is -2.13. The van der Waals surface area contributed by atoms with Crippen molar-refractivity contribution in [3.63, 3.8) is 0 Å². The molecule has 0 radical (unpaired) electrons. The van der Waals surface area contributed by atoms with Gasteiger partial charge in [-0.25, -0.2) is 0 Å². The lowest BCUT2D eigenvalue weighted by atomic mass is 10.1. The first-order valence-corrected chi connectivity index (χ1v) is 6.49. The van der Waals surface area contributed by atoms with Gasteiger partial charge in [0.05, 0.1) is 17.5 Å². The van der Waals surface area contributed by atoms with Gasteiger partial charge in [0.25, 0.3) is 5.91 Å². The average Bonchev–Trinajstić information content (AvgIpc) is 2.43. The van der Waals surface area contributed by atoms with Crippen LogP contribution >= 0.6 is 11.8 Å². The topological polar surface area (TPSA) is 73.2 Å². The van der Waals surface area contributed by atoms with Crippen molar-refractivity contribution in [2.24, 2.45) is 5.92 Å². The number of carbonyl (C=O) groups is 2. The van der Waals surface area contributed by atoms with Gasteiger partial charge in [-0.05, 0) is 12.3 Å². The monoisotopic (exact) mass is 277 g/mol. The number of thioether (sulfide) groups is 1. The molecule has 0 saturated carbocycles. The summed E-state index contributed by atoms with van der Waals surface area (Å²) in [7, 11) is 1.52. The Labute approximate surface area is 117 Å². The summed E-state index contributed by atoms with van der Waals surface area (Å²) in [4.78, 5) is 24.8. The standard InChI is InChI=1S/C13H15N3O2S/c1-5-7-15-12(17)11(9-14)6-8-16(3)13(18)10(2)19-4/h1,6,8,11H,2,7H2,3-4H3,(H,15,17). The average molecular weight is 277 g/mol. The maximum atomic E-state index is 11.7. The summed E-state index contributed by atoms with van der Waals surface area (Å²) in [5.74, 6) is 0.458. The Morgan fingerprint density at radius 2 is 2.26 bits per heavy atom.